The van der Waals surface area contributed by atoms with E-state index in [4.69, 9.17) is 49.9 Å². The van der Waals surface area contributed by atoms with Crippen molar-refractivity contribution >= 4 is 57.0 Å². The molecule has 0 atom stereocenters. The Balaban J connectivity index is 0. The molecule has 0 bridgehead atoms. The number of hydrogen-bond donors (Lipinski definition) is 1. The van der Waals surface area contributed by atoms with Gasteiger partial charge in [-0.1, -0.05) is 26.7 Å². The average molecular weight is 351 g/mol. The van der Waals surface area contributed by atoms with Gasteiger partial charge in [0.2, 0.25) is 0 Å². The molecule has 0 aliphatic rings. The minimum absolute atomic E-state index is 0.451. The topological polar surface area (TPSA) is 37.3 Å². The molecule has 0 aromatic heterocycles. The largest absolute Gasteiger partial charge is 0.335 e. The normalized spacial score (nSPS) is 11.9. The lowest BCUT2D eigenvalue weighted by Crippen LogP contribution is -1.81. The van der Waals surface area contributed by atoms with Crippen LogP contribution in [-0.2, 0) is 4.57 Å². The van der Waals surface area contributed by atoms with Crippen molar-refractivity contribution in [1.82, 2.24) is 0 Å². The van der Waals surface area contributed by atoms with Crippen LogP contribution in [0.4, 0.5) is 0 Å². The Morgan fingerprint density at radius 2 is 1.56 bits per heavy atom. The number of unbranched alkanes of at least 4 members (excludes halogenated alkanes) is 2. The first kappa shape index (κ1) is 20.1. The number of hydrogen-bond acceptors (Lipinski definition) is 2. The molecule has 0 spiro atoms. The van der Waals surface area contributed by atoms with Crippen molar-refractivity contribution < 1.29 is 9.46 Å². The number of rotatable bonds is 6. The molecule has 16 heavy (non-hydrogen) atoms. The van der Waals surface area contributed by atoms with E-state index in [-0.39, 0.29) is 0 Å². The second-order valence-corrected chi connectivity index (χ2v) is 14.2. The summed E-state index contributed by atoms with van der Waals surface area (Å²) in [6.45, 7) is 4.03. The molecule has 0 aliphatic carbocycles. The van der Waals surface area contributed by atoms with Gasteiger partial charge < -0.3 is 0 Å². The summed E-state index contributed by atoms with van der Waals surface area (Å²) in [5.41, 5.74) is 0. The summed E-state index contributed by atoms with van der Waals surface area (Å²) in [6.07, 6.45) is 2.31. The fraction of sp³-hybridized carbons (Fsp3) is 1.00. The summed E-state index contributed by atoms with van der Waals surface area (Å²) in [4.78, 5) is 8.79. The predicted molar refractivity (Wildman–Crippen MR) is 79.7 cm³/mol. The first-order valence-corrected chi connectivity index (χ1v) is 12.5. The molecule has 0 saturated carbocycles. The van der Waals surface area contributed by atoms with E-state index >= 15 is 0 Å². The maximum atomic E-state index is 10.5. The second kappa shape index (κ2) is 10.7. The minimum atomic E-state index is -2.74. The van der Waals surface area contributed by atoms with Gasteiger partial charge in [-0.15, -0.1) is 0 Å². The van der Waals surface area contributed by atoms with Crippen molar-refractivity contribution in [2.45, 2.75) is 39.5 Å². The van der Waals surface area contributed by atoms with Gasteiger partial charge in [-0.3, -0.25) is 4.57 Å². The first-order valence-electron chi connectivity index (χ1n) is 5.11. The molecule has 0 saturated heterocycles. The van der Waals surface area contributed by atoms with Crippen LogP contribution in [0.1, 0.15) is 39.5 Å². The van der Waals surface area contributed by atoms with Crippen molar-refractivity contribution in [1.29, 1.82) is 0 Å². The second-order valence-electron chi connectivity index (χ2n) is 3.32. The Morgan fingerprint density at radius 1 is 1.12 bits per heavy atom. The standard InChI is InChI=1S/C4H10Cl2OP.C4H9Cl2OP/c2*1-2-3-4-8(5,6)7/h7H,2-4H2,1H3;2-4H2,1H3/q+1;. The summed E-state index contributed by atoms with van der Waals surface area (Å²) in [6, 6.07) is 0. The van der Waals surface area contributed by atoms with Gasteiger partial charge in [0, 0.05) is 6.16 Å². The zero-order valence-electron chi connectivity index (χ0n) is 9.50. The summed E-state index contributed by atoms with van der Waals surface area (Å²) in [5, 5.41) is 0. The van der Waals surface area contributed by atoms with E-state index < -0.39 is 12.0 Å². The third kappa shape index (κ3) is 24.8. The molecule has 0 radical (unpaired) electrons. The Hall–Kier alpha value is 1.78. The Kier molecular flexibility index (Phi) is 13.4. The van der Waals surface area contributed by atoms with Crippen LogP contribution in [0, 0.1) is 0 Å². The van der Waals surface area contributed by atoms with E-state index in [0.29, 0.717) is 12.3 Å². The van der Waals surface area contributed by atoms with Crippen molar-refractivity contribution in [3.63, 3.8) is 0 Å². The maximum Gasteiger partial charge on any atom is 0.335 e. The van der Waals surface area contributed by atoms with E-state index in [0.717, 1.165) is 25.7 Å². The summed E-state index contributed by atoms with van der Waals surface area (Å²) < 4.78 is 10.5. The van der Waals surface area contributed by atoms with Crippen LogP contribution in [0.25, 0.3) is 0 Å². The van der Waals surface area contributed by atoms with E-state index in [1.165, 1.54) is 0 Å². The van der Waals surface area contributed by atoms with Crippen LogP contribution in [0.15, 0.2) is 0 Å². The Bertz CT molecular complexity index is 203. The first-order chi connectivity index (χ1) is 7.12. The summed E-state index contributed by atoms with van der Waals surface area (Å²) >= 11 is 21.2. The molecule has 100 valence electrons. The molecular formula is C8H19Cl4O2P2+. The highest BCUT2D eigenvalue weighted by Crippen LogP contribution is 2.65. The zero-order chi connectivity index (χ0) is 13.2. The highest BCUT2D eigenvalue weighted by atomic mass is 35.9. The van der Waals surface area contributed by atoms with E-state index in [1.54, 1.807) is 0 Å². The lowest BCUT2D eigenvalue weighted by Gasteiger charge is -1.97. The van der Waals surface area contributed by atoms with Gasteiger partial charge in [0.05, 0.1) is 0 Å². The molecule has 0 heterocycles. The minimum Gasteiger partial charge on any atom is -0.289 e. The summed E-state index contributed by atoms with van der Waals surface area (Å²) in [5.74, 6) is -2.74. The molecular weight excluding hydrogens is 332 g/mol. The Morgan fingerprint density at radius 3 is 1.69 bits per heavy atom. The molecule has 0 aromatic carbocycles. The van der Waals surface area contributed by atoms with Crippen LogP contribution in [0.5, 0.6) is 0 Å². The van der Waals surface area contributed by atoms with Crippen LogP contribution in [0.2, 0.25) is 0 Å². The highest BCUT2D eigenvalue weighted by Gasteiger charge is 2.29. The van der Waals surface area contributed by atoms with Crippen molar-refractivity contribution in [2.75, 3.05) is 12.3 Å². The zero-order valence-corrected chi connectivity index (χ0v) is 14.3. The van der Waals surface area contributed by atoms with E-state index in [1.807, 2.05) is 13.8 Å². The maximum absolute atomic E-state index is 10.5. The van der Waals surface area contributed by atoms with Gasteiger partial charge in [-0.25, -0.2) is 4.89 Å². The van der Waals surface area contributed by atoms with Crippen molar-refractivity contribution in [3.8, 4) is 0 Å². The molecule has 1 N–H and O–H groups in total. The number of halogens is 4. The monoisotopic (exact) mass is 349 g/mol. The Labute approximate surface area is 118 Å². The van der Waals surface area contributed by atoms with Gasteiger partial charge in [-0.2, -0.15) is 0 Å². The SMILES string of the molecule is CCCCP(=O)(Cl)Cl.CCCC[P+](O)(Cl)Cl. The third-order valence-corrected chi connectivity index (χ3v) is 5.27. The van der Waals surface area contributed by atoms with Gasteiger partial charge >= 0.3 is 6.19 Å². The fourth-order valence-corrected chi connectivity index (χ4v) is 3.51. The molecule has 0 rings (SSSR count). The van der Waals surface area contributed by atoms with Crippen LogP contribution in [0.3, 0.4) is 0 Å². The molecule has 0 amide bonds. The molecule has 0 fully saturated rings. The van der Waals surface area contributed by atoms with E-state index in [9.17, 15) is 4.57 Å². The average Bonchev–Trinajstić information content (AvgIpc) is 2.10. The molecule has 2 nitrogen and oxygen atoms in total. The van der Waals surface area contributed by atoms with Crippen LogP contribution < -0.4 is 0 Å². The molecule has 0 aromatic rings. The molecule has 0 aliphatic heterocycles. The summed E-state index contributed by atoms with van der Waals surface area (Å²) in [7, 11) is 0. The lowest BCUT2D eigenvalue weighted by molar-refractivity contribution is 0.590. The van der Waals surface area contributed by atoms with Crippen LogP contribution >= 0.6 is 57.0 Å². The van der Waals surface area contributed by atoms with Gasteiger partial charge in [0.15, 0.2) is 0 Å². The molecule has 8 heteroatoms. The lowest BCUT2D eigenvalue weighted by atomic mass is 10.4. The highest BCUT2D eigenvalue weighted by molar-refractivity contribution is 8.13. The smallest absolute Gasteiger partial charge is 0.289 e. The quantitative estimate of drug-likeness (QED) is 0.557. The van der Waals surface area contributed by atoms with E-state index in [2.05, 4.69) is 0 Å². The van der Waals surface area contributed by atoms with Crippen molar-refractivity contribution in [3.05, 3.63) is 0 Å². The van der Waals surface area contributed by atoms with Gasteiger partial charge in [-0.05, 0) is 35.3 Å². The van der Waals surface area contributed by atoms with Gasteiger partial charge in [0.1, 0.15) is 28.6 Å². The third-order valence-electron chi connectivity index (χ3n) is 1.55. The van der Waals surface area contributed by atoms with Crippen molar-refractivity contribution in [2.24, 2.45) is 0 Å². The fourth-order valence-electron chi connectivity index (χ4n) is 0.691. The van der Waals surface area contributed by atoms with Gasteiger partial charge in [0.25, 0.3) is 5.85 Å². The predicted octanol–water partition coefficient (Wildman–Crippen LogP) is 6.48. The molecule has 0 unspecified atom stereocenters. The van der Waals surface area contributed by atoms with Crippen LogP contribution in [-0.4, -0.2) is 17.2 Å².